The van der Waals surface area contributed by atoms with E-state index < -0.39 is 0 Å². The lowest BCUT2D eigenvalue weighted by Gasteiger charge is -2.18. The average Bonchev–Trinajstić information content (AvgIpc) is 2.78. The Morgan fingerprint density at radius 1 is 0.457 bits per heavy atom. The Morgan fingerprint density at radius 2 is 0.829 bits per heavy atom. The van der Waals surface area contributed by atoms with E-state index in [9.17, 15) is 5.11 Å². The maximum absolute atomic E-state index is 10.1. The zero-order chi connectivity index (χ0) is 25.4. The third-order valence-corrected chi connectivity index (χ3v) is 6.55. The molecule has 3 nitrogen and oxygen atoms in total. The van der Waals surface area contributed by atoms with E-state index in [0.717, 1.165) is 78.6 Å². The highest BCUT2D eigenvalue weighted by Crippen LogP contribution is 2.39. The zero-order valence-electron chi connectivity index (χ0n) is 22.0. The molecule has 0 radical (unpaired) electrons. The summed E-state index contributed by atoms with van der Waals surface area (Å²) in [4.78, 5) is 0. The molecule has 0 saturated heterocycles. The summed E-state index contributed by atoms with van der Waals surface area (Å²) in [5.41, 5.74) is 10.5. The van der Waals surface area contributed by atoms with E-state index in [1.54, 1.807) is 0 Å². The highest BCUT2D eigenvalue weighted by atomic mass is 16.5. The molecule has 1 N–H and O–H groups in total. The second-order valence-corrected chi connectivity index (χ2v) is 9.71. The van der Waals surface area contributed by atoms with Gasteiger partial charge in [0.1, 0.15) is 28.7 Å². The first kappa shape index (κ1) is 24.4. The molecule has 180 valence electrons. The van der Waals surface area contributed by atoms with Gasteiger partial charge in [-0.2, -0.15) is 0 Å². The van der Waals surface area contributed by atoms with Crippen molar-refractivity contribution in [1.82, 2.24) is 0 Å². The predicted molar refractivity (Wildman–Crippen MR) is 144 cm³/mol. The Kier molecular flexibility index (Phi) is 6.62. The molecule has 0 aliphatic carbocycles. The quantitative estimate of drug-likeness (QED) is 0.319. The van der Waals surface area contributed by atoms with Crippen LogP contribution in [0.25, 0.3) is 11.1 Å². The molecule has 35 heavy (non-hydrogen) atoms. The normalized spacial score (nSPS) is 11.0. The number of ether oxygens (including phenoxy) is 2. The van der Waals surface area contributed by atoms with Crippen LogP contribution >= 0.6 is 0 Å². The summed E-state index contributed by atoms with van der Waals surface area (Å²) in [5, 5.41) is 10.1. The lowest BCUT2D eigenvalue weighted by atomic mass is 9.96. The van der Waals surface area contributed by atoms with Gasteiger partial charge in [-0.1, -0.05) is 18.2 Å². The maximum Gasteiger partial charge on any atom is 0.133 e. The van der Waals surface area contributed by atoms with Crippen LogP contribution in [0, 0.1) is 55.4 Å². The number of hydrogen-bond donors (Lipinski definition) is 1. The molecule has 0 bridgehead atoms. The molecule has 0 aliphatic heterocycles. The highest BCUT2D eigenvalue weighted by Gasteiger charge is 2.15. The Hall–Kier alpha value is -3.72. The number of hydrogen-bond acceptors (Lipinski definition) is 3. The minimum absolute atomic E-state index is 0.317. The number of benzene rings is 4. The van der Waals surface area contributed by atoms with Gasteiger partial charge in [-0.3, -0.25) is 0 Å². The molecular weight excluding hydrogens is 432 g/mol. The molecule has 0 fully saturated rings. The lowest BCUT2D eigenvalue weighted by molar-refractivity contribution is 0.454. The lowest BCUT2D eigenvalue weighted by Crippen LogP contribution is -1.97. The van der Waals surface area contributed by atoms with Crippen molar-refractivity contribution in [1.29, 1.82) is 0 Å². The van der Waals surface area contributed by atoms with Crippen molar-refractivity contribution >= 4 is 0 Å². The van der Waals surface area contributed by atoms with Gasteiger partial charge in [-0.05, 0) is 147 Å². The standard InChI is InChI=1S/C32H34O3/c1-18-10-9-11-19(2)30(18)35-32-24(7)14-27(15-25(32)8)26-12-22(5)31(23(6)13-26)34-28-16-20(3)29(33)21(4)17-28/h9-17,33H,1-8H3. The molecule has 0 heterocycles. The van der Waals surface area contributed by atoms with Crippen LogP contribution in [-0.2, 0) is 0 Å². The molecule has 4 aromatic rings. The van der Waals surface area contributed by atoms with Gasteiger partial charge in [0, 0.05) is 0 Å². The Morgan fingerprint density at radius 3 is 1.26 bits per heavy atom. The van der Waals surface area contributed by atoms with Crippen molar-refractivity contribution in [3.63, 3.8) is 0 Å². The molecule has 0 spiro atoms. The molecular formula is C32H34O3. The average molecular weight is 467 g/mol. The van der Waals surface area contributed by atoms with Gasteiger partial charge in [0.15, 0.2) is 0 Å². The topological polar surface area (TPSA) is 38.7 Å². The van der Waals surface area contributed by atoms with Gasteiger partial charge in [0.05, 0.1) is 0 Å². The fraction of sp³-hybridized carbons (Fsp3) is 0.250. The van der Waals surface area contributed by atoms with E-state index in [1.165, 1.54) is 0 Å². The van der Waals surface area contributed by atoms with Gasteiger partial charge in [-0.15, -0.1) is 0 Å². The van der Waals surface area contributed by atoms with Crippen LogP contribution in [0.3, 0.4) is 0 Å². The van der Waals surface area contributed by atoms with Gasteiger partial charge < -0.3 is 14.6 Å². The van der Waals surface area contributed by atoms with Gasteiger partial charge in [0.25, 0.3) is 0 Å². The minimum Gasteiger partial charge on any atom is -0.507 e. The van der Waals surface area contributed by atoms with E-state index in [0.29, 0.717) is 5.75 Å². The van der Waals surface area contributed by atoms with Crippen LogP contribution < -0.4 is 9.47 Å². The smallest absolute Gasteiger partial charge is 0.133 e. The molecule has 0 aliphatic rings. The summed E-state index contributed by atoms with van der Waals surface area (Å²) < 4.78 is 12.7. The molecule has 0 amide bonds. The number of phenols is 1. The number of phenolic OH excluding ortho intramolecular Hbond substituents is 1. The Bertz CT molecular complexity index is 1340. The zero-order valence-corrected chi connectivity index (χ0v) is 22.0. The van der Waals surface area contributed by atoms with Crippen molar-refractivity contribution in [3.05, 3.63) is 99.1 Å². The fourth-order valence-electron chi connectivity index (χ4n) is 4.71. The number of para-hydroxylation sites is 1. The van der Waals surface area contributed by atoms with Crippen LogP contribution in [0.2, 0.25) is 0 Å². The van der Waals surface area contributed by atoms with Gasteiger partial charge in [0.2, 0.25) is 0 Å². The largest absolute Gasteiger partial charge is 0.507 e. The SMILES string of the molecule is Cc1cc(Oc2c(C)cc(-c3cc(C)c(Oc4c(C)cccc4C)c(C)c3)cc2C)cc(C)c1O. The molecule has 3 heteroatoms. The Balaban J connectivity index is 1.67. The molecule has 0 unspecified atom stereocenters. The second-order valence-electron chi connectivity index (χ2n) is 9.71. The first-order chi connectivity index (χ1) is 16.5. The van der Waals surface area contributed by atoms with Crippen molar-refractivity contribution in [2.45, 2.75) is 55.4 Å². The summed E-state index contributed by atoms with van der Waals surface area (Å²) in [5.74, 6) is 3.74. The summed E-state index contributed by atoms with van der Waals surface area (Å²) in [6.07, 6.45) is 0. The van der Waals surface area contributed by atoms with E-state index >= 15 is 0 Å². The van der Waals surface area contributed by atoms with Crippen molar-refractivity contribution in [2.75, 3.05) is 0 Å². The van der Waals surface area contributed by atoms with Crippen LogP contribution in [0.15, 0.2) is 54.6 Å². The van der Waals surface area contributed by atoms with Crippen molar-refractivity contribution in [3.8, 4) is 39.9 Å². The fourth-order valence-corrected chi connectivity index (χ4v) is 4.71. The number of aryl methyl sites for hydroxylation is 8. The van der Waals surface area contributed by atoms with E-state index in [1.807, 2.05) is 26.0 Å². The summed E-state index contributed by atoms with van der Waals surface area (Å²) in [6.45, 7) is 16.3. The van der Waals surface area contributed by atoms with E-state index in [4.69, 9.17) is 9.47 Å². The first-order valence-corrected chi connectivity index (χ1v) is 12.0. The monoisotopic (exact) mass is 466 g/mol. The van der Waals surface area contributed by atoms with E-state index in [2.05, 4.69) is 84.0 Å². The van der Waals surface area contributed by atoms with Crippen molar-refractivity contribution in [2.24, 2.45) is 0 Å². The van der Waals surface area contributed by atoms with Crippen molar-refractivity contribution < 1.29 is 14.6 Å². The molecule has 0 aromatic heterocycles. The molecule has 4 aromatic carbocycles. The predicted octanol–water partition coefficient (Wildman–Crippen LogP) is 9.11. The van der Waals surface area contributed by atoms with Crippen LogP contribution in [0.1, 0.15) is 44.5 Å². The Labute approximate surface area is 209 Å². The summed E-state index contributed by atoms with van der Waals surface area (Å²) in [7, 11) is 0. The minimum atomic E-state index is 0.317. The first-order valence-electron chi connectivity index (χ1n) is 12.0. The summed E-state index contributed by atoms with van der Waals surface area (Å²) in [6, 6.07) is 18.7. The van der Waals surface area contributed by atoms with Crippen LogP contribution in [0.5, 0.6) is 28.7 Å². The third kappa shape index (κ3) is 4.90. The van der Waals surface area contributed by atoms with Crippen LogP contribution in [-0.4, -0.2) is 5.11 Å². The molecule has 4 rings (SSSR count). The van der Waals surface area contributed by atoms with Crippen LogP contribution in [0.4, 0.5) is 0 Å². The number of aromatic hydroxyl groups is 1. The number of rotatable bonds is 5. The van der Waals surface area contributed by atoms with Gasteiger partial charge >= 0.3 is 0 Å². The third-order valence-electron chi connectivity index (χ3n) is 6.55. The molecule has 0 atom stereocenters. The summed E-state index contributed by atoms with van der Waals surface area (Å²) >= 11 is 0. The van der Waals surface area contributed by atoms with Gasteiger partial charge in [-0.25, -0.2) is 0 Å². The molecule has 0 saturated carbocycles. The van der Waals surface area contributed by atoms with E-state index in [-0.39, 0.29) is 0 Å². The highest BCUT2D eigenvalue weighted by molar-refractivity contribution is 5.71. The maximum atomic E-state index is 10.1. The second kappa shape index (κ2) is 9.50.